The summed E-state index contributed by atoms with van der Waals surface area (Å²) in [7, 11) is 1.89. The van der Waals surface area contributed by atoms with Crippen LogP contribution in [-0.2, 0) is 11.2 Å². The van der Waals surface area contributed by atoms with E-state index in [0.29, 0.717) is 18.5 Å². The Morgan fingerprint density at radius 2 is 2.03 bits per heavy atom. The Bertz CT molecular complexity index is 1010. The molecule has 3 aromatic rings. The fourth-order valence-corrected chi connectivity index (χ4v) is 5.06. The van der Waals surface area contributed by atoms with E-state index in [-0.39, 0.29) is 5.91 Å². The van der Waals surface area contributed by atoms with E-state index < -0.39 is 0 Å². The summed E-state index contributed by atoms with van der Waals surface area (Å²) < 4.78 is 1.03. The Morgan fingerprint density at radius 1 is 1.19 bits per heavy atom. The van der Waals surface area contributed by atoms with Crippen molar-refractivity contribution in [1.82, 2.24) is 20.7 Å². The quantitative estimate of drug-likeness (QED) is 0.460. The van der Waals surface area contributed by atoms with Gasteiger partial charge in [-0.2, -0.15) is 0 Å². The summed E-state index contributed by atoms with van der Waals surface area (Å²) in [6.07, 6.45) is 3.43. The van der Waals surface area contributed by atoms with Crippen LogP contribution in [0, 0.1) is 0 Å². The van der Waals surface area contributed by atoms with E-state index in [2.05, 4.69) is 56.0 Å². The first kappa shape index (κ1) is 22.1. The zero-order valence-corrected chi connectivity index (χ0v) is 20.0. The smallest absolute Gasteiger partial charge is 0.228 e. The van der Waals surface area contributed by atoms with Crippen molar-refractivity contribution in [2.75, 3.05) is 13.6 Å². The molecule has 2 aromatic carbocycles. The van der Waals surface area contributed by atoms with Crippen LogP contribution >= 0.6 is 27.3 Å². The Kier molecular flexibility index (Phi) is 7.50. The van der Waals surface area contributed by atoms with E-state index in [1.54, 1.807) is 11.3 Å². The van der Waals surface area contributed by atoms with E-state index in [1.807, 2.05) is 47.7 Å². The van der Waals surface area contributed by atoms with Crippen molar-refractivity contribution in [2.45, 2.75) is 37.8 Å². The predicted octanol–water partition coefficient (Wildman–Crippen LogP) is 4.96. The largest absolute Gasteiger partial charge is 0.345 e. The third-order valence-electron chi connectivity index (χ3n) is 5.61. The first-order chi connectivity index (χ1) is 15.1. The van der Waals surface area contributed by atoms with Gasteiger partial charge in [0.15, 0.2) is 0 Å². The van der Waals surface area contributed by atoms with E-state index in [4.69, 9.17) is 0 Å². The van der Waals surface area contributed by atoms with Gasteiger partial charge in [-0.25, -0.2) is 4.98 Å². The zero-order valence-electron chi connectivity index (χ0n) is 17.6. The van der Waals surface area contributed by atoms with Crippen molar-refractivity contribution < 1.29 is 4.79 Å². The summed E-state index contributed by atoms with van der Waals surface area (Å²) in [5.74, 6) is 0.116. The lowest BCUT2D eigenvalue weighted by atomic mass is 10.00. The van der Waals surface area contributed by atoms with Gasteiger partial charge in [-0.1, -0.05) is 58.4 Å². The van der Waals surface area contributed by atoms with Gasteiger partial charge in [-0.05, 0) is 37.0 Å². The van der Waals surface area contributed by atoms with Crippen LogP contribution in [0.1, 0.15) is 36.6 Å². The van der Waals surface area contributed by atoms with E-state index in [9.17, 15) is 4.79 Å². The molecule has 2 heterocycles. The number of likely N-dealkylation sites (N-methyl/N-ethyl adjacent to an activating group) is 1. The number of halogens is 1. The molecule has 0 spiro atoms. The number of nitrogens with one attached hydrogen (secondary N) is 2. The maximum Gasteiger partial charge on any atom is 0.228 e. The first-order valence-electron chi connectivity index (χ1n) is 10.6. The van der Waals surface area contributed by atoms with Gasteiger partial charge in [0.1, 0.15) is 5.01 Å². The maximum atomic E-state index is 12.6. The molecule has 0 radical (unpaired) electrons. The SMILES string of the molecule is CN(CCCC1CC(c2ccccc2)NN1)C(=O)Cc1csc(-c2cccc(Br)c2)n1. The maximum absolute atomic E-state index is 12.6. The van der Waals surface area contributed by atoms with Crippen molar-refractivity contribution >= 4 is 33.2 Å². The van der Waals surface area contributed by atoms with Gasteiger partial charge in [0, 0.05) is 41.1 Å². The average molecular weight is 499 g/mol. The molecule has 0 saturated carbocycles. The fourth-order valence-electron chi connectivity index (χ4n) is 3.85. The van der Waals surface area contributed by atoms with Gasteiger partial charge in [-0.3, -0.25) is 15.6 Å². The summed E-state index contributed by atoms with van der Waals surface area (Å²) in [4.78, 5) is 19.1. The third kappa shape index (κ3) is 6.01. The van der Waals surface area contributed by atoms with Crippen LogP contribution < -0.4 is 10.9 Å². The fraction of sp³-hybridized carbons (Fsp3) is 0.333. The minimum atomic E-state index is 0.116. The number of hydrazine groups is 1. The highest BCUT2D eigenvalue weighted by Gasteiger charge is 2.24. The molecule has 5 nitrogen and oxygen atoms in total. The topological polar surface area (TPSA) is 57.3 Å². The Morgan fingerprint density at radius 3 is 2.84 bits per heavy atom. The normalized spacial score (nSPS) is 18.3. The molecular formula is C24H27BrN4OS. The number of nitrogens with zero attached hydrogens (tertiary/aromatic N) is 2. The molecule has 0 aliphatic carbocycles. The molecule has 2 atom stereocenters. The molecule has 4 rings (SSSR count). The summed E-state index contributed by atoms with van der Waals surface area (Å²) in [6.45, 7) is 0.760. The second-order valence-corrected chi connectivity index (χ2v) is 9.75. The van der Waals surface area contributed by atoms with Gasteiger partial charge in [0.25, 0.3) is 0 Å². The van der Waals surface area contributed by atoms with Crippen LogP contribution in [0.3, 0.4) is 0 Å². The van der Waals surface area contributed by atoms with Crippen LogP contribution in [0.4, 0.5) is 0 Å². The molecule has 0 bridgehead atoms. The first-order valence-corrected chi connectivity index (χ1v) is 12.3. The highest BCUT2D eigenvalue weighted by atomic mass is 79.9. The van der Waals surface area contributed by atoms with Crippen LogP contribution in [0.2, 0.25) is 0 Å². The molecule has 1 saturated heterocycles. The van der Waals surface area contributed by atoms with Gasteiger partial charge < -0.3 is 4.90 Å². The van der Waals surface area contributed by atoms with Crippen molar-refractivity contribution in [3.63, 3.8) is 0 Å². The lowest BCUT2D eigenvalue weighted by Crippen LogP contribution is -2.33. The molecule has 1 aliphatic rings. The summed E-state index contributed by atoms with van der Waals surface area (Å²) in [5, 5.41) is 2.93. The van der Waals surface area contributed by atoms with Gasteiger partial charge in [0.2, 0.25) is 5.91 Å². The molecule has 1 fully saturated rings. The molecule has 31 heavy (non-hydrogen) atoms. The molecule has 162 valence electrons. The standard InChI is InChI=1S/C24H27BrN4OS/c1-29(12-6-11-20-14-22(28-27-20)17-7-3-2-4-8-17)23(30)15-21-16-31-24(26-21)18-9-5-10-19(25)13-18/h2-5,7-10,13,16,20,22,27-28H,6,11-12,14-15H2,1H3. The number of thiazole rings is 1. The van der Waals surface area contributed by atoms with E-state index in [1.165, 1.54) is 5.56 Å². The number of benzene rings is 2. The minimum absolute atomic E-state index is 0.116. The second kappa shape index (κ2) is 10.5. The lowest BCUT2D eigenvalue weighted by Gasteiger charge is -2.18. The summed E-state index contributed by atoms with van der Waals surface area (Å²) in [5.41, 5.74) is 10.0. The van der Waals surface area contributed by atoms with Crippen molar-refractivity contribution in [3.8, 4) is 10.6 Å². The van der Waals surface area contributed by atoms with E-state index >= 15 is 0 Å². The predicted molar refractivity (Wildman–Crippen MR) is 130 cm³/mol. The van der Waals surface area contributed by atoms with Crippen LogP contribution in [0.5, 0.6) is 0 Å². The highest BCUT2D eigenvalue weighted by molar-refractivity contribution is 9.10. The number of carbonyl (C=O) groups is 1. The van der Waals surface area contributed by atoms with Gasteiger partial charge in [0.05, 0.1) is 12.1 Å². The zero-order chi connectivity index (χ0) is 21.6. The number of rotatable bonds is 8. The van der Waals surface area contributed by atoms with Gasteiger partial charge in [-0.15, -0.1) is 11.3 Å². The summed E-state index contributed by atoms with van der Waals surface area (Å²) in [6, 6.07) is 19.4. The molecule has 1 aliphatic heterocycles. The van der Waals surface area contributed by atoms with Crippen molar-refractivity contribution in [3.05, 3.63) is 75.7 Å². The van der Waals surface area contributed by atoms with Crippen molar-refractivity contribution in [1.29, 1.82) is 0 Å². The second-order valence-electron chi connectivity index (χ2n) is 7.97. The number of hydrogen-bond acceptors (Lipinski definition) is 5. The molecule has 1 amide bonds. The number of amides is 1. The molecular weight excluding hydrogens is 472 g/mol. The highest BCUT2D eigenvalue weighted by Crippen LogP contribution is 2.27. The number of aromatic nitrogens is 1. The number of carbonyl (C=O) groups excluding carboxylic acids is 1. The Hall–Kier alpha value is -2.06. The number of hydrogen-bond donors (Lipinski definition) is 2. The Labute approximate surface area is 196 Å². The van der Waals surface area contributed by atoms with Gasteiger partial charge >= 0.3 is 0 Å². The van der Waals surface area contributed by atoms with E-state index in [0.717, 1.165) is 46.5 Å². The van der Waals surface area contributed by atoms with Crippen LogP contribution in [0.25, 0.3) is 10.6 Å². The monoisotopic (exact) mass is 498 g/mol. The molecule has 2 N–H and O–H groups in total. The third-order valence-corrected chi connectivity index (χ3v) is 7.04. The molecule has 7 heteroatoms. The van der Waals surface area contributed by atoms with Crippen LogP contribution in [-0.4, -0.2) is 35.4 Å². The average Bonchev–Trinajstić information content (AvgIpc) is 3.44. The van der Waals surface area contributed by atoms with Crippen molar-refractivity contribution in [2.24, 2.45) is 0 Å². The van der Waals surface area contributed by atoms with Crippen LogP contribution in [0.15, 0.2) is 64.5 Å². The lowest BCUT2D eigenvalue weighted by molar-refractivity contribution is -0.129. The summed E-state index contributed by atoms with van der Waals surface area (Å²) >= 11 is 5.08. The minimum Gasteiger partial charge on any atom is -0.345 e. The molecule has 1 aromatic heterocycles. The molecule has 2 unspecified atom stereocenters. The Balaban J connectivity index is 1.21.